The highest BCUT2D eigenvalue weighted by molar-refractivity contribution is 6.15. The summed E-state index contributed by atoms with van der Waals surface area (Å²) in [6.45, 7) is 6.34. The van der Waals surface area contributed by atoms with Crippen molar-refractivity contribution in [3.8, 4) is 0 Å². The second-order valence-corrected chi connectivity index (χ2v) is 5.08. The number of carbonyl (C=O) groups is 1. The van der Waals surface area contributed by atoms with Crippen molar-refractivity contribution >= 4 is 11.5 Å². The van der Waals surface area contributed by atoms with Gasteiger partial charge >= 0.3 is 5.97 Å². The highest BCUT2D eigenvalue weighted by Gasteiger charge is 2.11. The third-order valence-electron chi connectivity index (χ3n) is 3.52. The molecule has 2 heteroatoms. The van der Waals surface area contributed by atoms with E-state index in [1.54, 1.807) is 0 Å². The van der Waals surface area contributed by atoms with Crippen LogP contribution in [0.4, 0.5) is 0 Å². The normalized spacial score (nSPS) is 11.7. The van der Waals surface area contributed by atoms with E-state index in [1.165, 1.54) is 5.56 Å². The molecule has 2 nitrogen and oxygen atoms in total. The molecule has 0 aromatic heterocycles. The SMILES string of the molecule is C=C(C(=O)OCCC(C)c1ccccc1)c1ccccc1. The molecule has 2 rings (SSSR count). The van der Waals surface area contributed by atoms with Crippen LogP contribution in [-0.2, 0) is 9.53 Å². The number of carbonyl (C=O) groups excluding carboxylic acids is 1. The summed E-state index contributed by atoms with van der Waals surface area (Å²) in [5, 5.41) is 0. The van der Waals surface area contributed by atoms with Gasteiger partial charge in [0, 0.05) is 0 Å². The van der Waals surface area contributed by atoms with Gasteiger partial charge in [-0.05, 0) is 23.5 Å². The maximum absolute atomic E-state index is 11.9. The Morgan fingerprint density at radius 1 is 1.05 bits per heavy atom. The average molecular weight is 280 g/mol. The molecule has 0 fully saturated rings. The number of esters is 1. The average Bonchev–Trinajstić information content (AvgIpc) is 2.55. The lowest BCUT2D eigenvalue weighted by molar-refractivity contribution is -0.136. The van der Waals surface area contributed by atoms with Gasteiger partial charge in [0.15, 0.2) is 0 Å². The molecule has 21 heavy (non-hydrogen) atoms. The van der Waals surface area contributed by atoms with Gasteiger partial charge in [-0.3, -0.25) is 0 Å². The number of hydrogen-bond acceptors (Lipinski definition) is 2. The number of benzene rings is 2. The molecule has 0 heterocycles. The van der Waals surface area contributed by atoms with E-state index in [0.29, 0.717) is 18.1 Å². The Labute approximate surface area is 126 Å². The van der Waals surface area contributed by atoms with Crippen molar-refractivity contribution in [1.29, 1.82) is 0 Å². The lowest BCUT2D eigenvalue weighted by atomic mass is 9.98. The van der Waals surface area contributed by atoms with Gasteiger partial charge in [-0.25, -0.2) is 4.79 Å². The van der Waals surface area contributed by atoms with Gasteiger partial charge in [0.1, 0.15) is 0 Å². The van der Waals surface area contributed by atoms with Crippen LogP contribution in [0.25, 0.3) is 5.57 Å². The Kier molecular flexibility index (Phi) is 5.33. The van der Waals surface area contributed by atoms with Crippen molar-refractivity contribution in [2.75, 3.05) is 6.61 Å². The minimum Gasteiger partial charge on any atom is -0.462 e. The topological polar surface area (TPSA) is 26.3 Å². The third kappa shape index (κ3) is 4.32. The molecule has 0 aliphatic heterocycles. The van der Waals surface area contributed by atoms with Gasteiger partial charge in [0.25, 0.3) is 0 Å². The van der Waals surface area contributed by atoms with E-state index in [4.69, 9.17) is 4.74 Å². The first-order valence-electron chi connectivity index (χ1n) is 7.15. The molecule has 0 saturated carbocycles. The summed E-state index contributed by atoms with van der Waals surface area (Å²) in [6.07, 6.45) is 0.803. The first-order valence-corrected chi connectivity index (χ1v) is 7.15. The Bertz CT molecular complexity index is 587. The molecule has 0 amide bonds. The van der Waals surface area contributed by atoms with Crippen molar-refractivity contribution in [2.24, 2.45) is 0 Å². The zero-order valence-corrected chi connectivity index (χ0v) is 12.3. The van der Waals surface area contributed by atoms with Crippen molar-refractivity contribution in [3.05, 3.63) is 78.4 Å². The number of hydrogen-bond donors (Lipinski definition) is 0. The zero-order valence-electron chi connectivity index (χ0n) is 12.3. The van der Waals surface area contributed by atoms with Crippen LogP contribution in [0.1, 0.15) is 30.4 Å². The molecule has 2 aromatic rings. The molecule has 0 aliphatic carbocycles. The highest BCUT2D eigenvalue weighted by atomic mass is 16.5. The van der Waals surface area contributed by atoms with E-state index in [2.05, 4.69) is 25.6 Å². The fourth-order valence-corrected chi connectivity index (χ4v) is 2.12. The minimum atomic E-state index is -0.346. The van der Waals surface area contributed by atoms with Gasteiger partial charge in [0.2, 0.25) is 0 Å². The van der Waals surface area contributed by atoms with Crippen molar-refractivity contribution in [2.45, 2.75) is 19.3 Å². The maximum Gasteiger partial charge on any atom is 0.338 e. The van der Waals surface area contributed by atoms with Gasteiger partial charge < -0.3 is 4.74 Å². The minimum absolute atomic E-state index is 0.346. The second kappa shape index (κ2) is 7.44. The Hall–Kier alpha value is -2.35. The quantitative estimate of drug-likeness (QED) is 0.577. The first-order chi connectivity index (χ1) is 10.2. The fraction of sp³-hybridized carbons (Fsp3) is 0.211. The second-order valence-electron chi connectivity index (χ2n) is 5.08. The summed E-state index contributed by atoms with van der Waals surface area (Å²) in [6, 6.07) is 19.6. The van der Waals surface area contributed by atoms with E-state index in [-0.39, 0.29) is 5.97 Å². The zero-order chi connectivity index (χ0) is 15.1. The largest absolute Gasteiger partial charge is 0.462 e. The van der Waals surface area contributed by atoms with E-state index in [9.17, 15) is 4.79 Å². The monoisotopic (exact) mass is 280 g/mol. The Morgan fingerprint density at radius 2 is 1.62 bits per heavy atom. The summed E-state index contributed by atoms with van der Waals surface area (Å²) in [5.74, 6) is 0.0189. The summed E-state index contributed by atoms with van der Waals surface area (Å²) < 4.78 is 5.31. The molecule has 108 valence electrons. The van der Waals surface area contributed by atoms with Crippen LogP contribution in [0, 0.1) is 0 Å². The molecule has 0 aliphatic rings. The van der Waals surface area contributed by atoms with Crippen LogP contribution in [0.15, 0.2) is 67.2 Å². The van der Waals surface area contributed by atoms with Crippen LogP contribution in [0.5, 0.6) is 0 Å². The van der Waals surface area contributed by atoms with Gasteiger partial charge in [0.05, 0.1) is 12.2 Å². The van der Waals surface area contributed by atoms with Crippen LogP contribution in [0.2, 0.25) is 0 Å². The molecule has 1 unspecified atom stereocenters. The molecule has 1 atom stereocenters. The summed E-state index contributed by atoms with van der Waals surface area (Å²) in [5.41, 5.74) is 2.47. The van der Waals surface area contributed by atoms with Crippen molar-refractivity contribution in [1.82, 2.24) is 0 Å². The van der Waals surface area contributed by atoms with Gasteiger partial charge in [-0.15, -0.1) is 0 Å². The summed E-state index contributed by atoms with van der Waals surface area (Å²) in [4.78, 5) is 11.9. The lowest BCUT2D eigenvalue weighted by Gasteiger charge is -2.12. The summed E-state index contributed by atoms with van der Waals surface area (Å²) >= 11 is 0. The Balaban J connectivity index is 1.81. The molecule has 0 bridgehead atoms. The fourth-order valence-electron chi connectivity index (χ4n) is 2.12. The first kappa shape index (κ1) is 15.0. The number of rotatable bonds is 6. The standard InChI is InChI=1S/C19H20O2/c1-15(17-9-5-3-6-10-17)13-14-21-19(20)16(2)18-11-7-4-8-12-18/h3-12,15H,2,13-14H2,1H3. The molecule has 0 saturated heterocycles. The van der Waals surface area contributed by atoms with E-state index < -0.39 is 0 Å². The van der Waals surface area contributed by atoms with E-state index >= 15 is 0 Å². The third-order valence-corrected chi connectivity index (χ3v) is 3.52. The van der Waals surface area contributed by atoms with E-state index in [0.717, 1.165) is 12.0 Å². The maximum atomic E-state index is 11.9. The predicted octanol–water partition coefficient (Wildman–Crippen LogP) is 4.44. The van der Waals surface area contributed by atoms with Crippen LogP contribution >= 0.6 is 0 Å². The molecule has 0 radical (unpaired) electrons. The van der Waals surface area contributed by atoms with E-state index in [1.807, 2.05) is 48.5 Å². The van der Waals surface area contributed by atoms with Gasteiger partial charge in [-0.2, -0.15) is 0 Å². The van der Waals surface area contributed by atoms with Crippen molar-refractivity contribution < 1.29 is 9.53 Å². The molecular formula is C19H20O2. The molecule has 0 N–H and O–H groups in total. The van der Waals surface area contributed by atoms with Crippen molar-refractivity contribution in [3.63, 3.8) is 0 Å². The highest BCUT2D eigenvalue weighted by Crippen LogP contribution is 2.19. The van der Waals surface area contributed by atoms with Crippen LogP contribution < -0.4 is 0 Å². The van der Waals surface area contributed by atoms with Gasteiger partial charge in [-0.1, -0.05) is 74.2 Å². The Morgan fingerprint density at radius 3 is 2.24 bits per heavy atom. The molecule has 0 spiro atoms. The predicted molar refractivity (Wildman–Crippen MR) is 85.9 cm³/mol. The van der Waals surface area contributed by atoms with Crippen LogP contribution in [0.3, 0.4) is 0 Å². The molecular weight excluding hydrogens is 260 g/mol. The smallest absolute Gasteiger partial charge is 0.338 e. The van der Waals surface area contributed by atoms with Crippen LogP contribution in [-0.4, -0.2) is 12.6 Å². The molecule has 2 aromatic carbocycles. The summed E-state index contributed by atoms with van der Waals surface area (Å²) in [7, 11) is 0. The lowest BCUT2D eigenvalue weighted by Crippen LogP contribution is -2.09. The number of ether oxygens (including phenoxy) is 1.